The van der Waals surface area contributed by atoms with Gasteiger partial charge in [0.2, 0.25) is 0 Å². The first-order valence-corrected chi connectivity index (χ1v) is 4.07. The quantitative estimate of drug-likeness (QED) is 0.590. The molecule has 0 amide bonds. The number of halogens is 1. The monoisotopic (exact) mass is 200 g/mol. The van der Waals surface area contributed by atoms with Crippen molar-refractivity contribution in [2.45, 2.75) is 6.92 Å². The lowest BCUT2D eigenvalue weighted by Gasteiger charge is -2.05. The number of rotatable bonds is 2. The van der Waals surface area contributed by atoms with Crippen molar-refractivity contribution in [3.05, 3.63) is 32.8 Å². The second-order valence-electron chi connectivity index (χ2n) is 2.60. The number of anilines is 1. The van der Waals surface area contributed by atoms with Gasteiger partial charge in [-0.05, 0) is 13.0 Å². The minimum absolute atomic E-state index is 0.0338. The Morgan fingerprint density at radius 2 is 2.15 bits per heavy atom. The molecule has 1 aromatic carbocycles. The summed E-state index contributed by atoms with van der Waals surface area (Å²) in [6.07, 6.45) is 0. The largest absolute Gasteiger partial charge is 0.387 e. The molecule has 0 atom stereocenters. The number of nitrogens with one attached hydrogen (secondary N) is 1. The molecule has 5 heteroatoms. The van der Waals surface area contributed by atoms with Gasteiger partial charge in [0.15, 0.2) is 0 Å². The molecular formula is C8H9ClN2O2. The summed E-state index contributed by atoms with van der Waals surface area (Å²) in [7, 11) is 1.67. The maximum atomic E-state index is 10.6. The summed E-state index contributed by atoms with van der Waals surface area (Å²) in [5, 5.41) is 13.5. The van der Waals surface area contributed by atoms with Crippen molar-refractivity contribution in [3.63, 3.8) is 0 Å². The van der Waals surface area contributed by atoms with Gasteiger partial charge in [-0.2, -0.15) is 0 Å². The zero-order valence-electron chi connectivity index (χ0n) is 7.30. The smallest absolute Gasteiger partial charge is 0.292 e. The molecule has 1 rings (SSSR count). The van der Waals surface area contributed by atoms with Gasteiger partial charge in [0.05, 0.1) is 10.6 Å². The van der Waals surface area contributed by atoms with E-state index in [4.69, 9.17) is 11.6 Å². The van der Waals surface area contributed by atoms with E-state index in [-0.39, 0.29) is 10.7 Å². The molecule has 1 N–H and O–H groups in total. The summed E-state index contributed by atoms with van der Waals surface area (Å²) in [5.41, 5.74) is 1.10. The van der Waals surface area contributed by atoms with Gasteiger partial charge < -0.3 is 5.32 Å². The van der Waals surface area contributed by atoms with Crippen LogP contribution in [0.25, 0.3) is 0 Å². The maximum Gasteiger partial charge on any atom is 0.292 e. The first kappa shape index (κ1) is 9.80. The first-order valence-electron chi connectivity index (χ1n) is 3.69. The van der Waals surface area contributed by atoms with Gasteiger partial charge in [0, 0.05) is 12.6 Å². The summed E-state index contributed by atoms with van der Waals surface area (Å²) in [4.78, 5) is 10.1. The average molecular weight is 201 g/mol. The summed E-state index contributed by atoms with van der Waals surface area (Å²) >= 11 is 5.81. The van der Waals surface area contributed by atoms with E-state index >= 15 is 0 Å². The number of aryl methyl sites for hydroxylation is 1. The van der Waals surface area contributed by atoms with E-state index in [1.54, 1.807) is 26.1 Å². The molecule has 0 aromatic heterocycles. The van der Waals surface area contributed by atoms with Crippen LogP contribution in [0.4, 0.5) is 11.4 Å². The third-order valence-corrected chi connectivity index (χ3v) is 2.15. The lowest BCUT2D eigenvalue weighted by atomic mass is 10.2. The minimum atomic E-state index is -0.474. The highest BCUT2D eigenvalue weighted by molar-refractivity contribution is 6.35. The van der Waals surface area contributed by atoms with Crippen molar-refractivity contribution in [2.75, 3.05) is 12.4 Å². The topological polar surface area (TPSA) is 55.2 Å². The highest BCUT2D eigenvalue weighted by atomic mass is 35.5. The molecule has 0 aliphatic heterocycles. The van der Waals surface area contributed by atoms with Crippen LogP contribution in [-0.2, 0) is 0 Å². The second-order valence-corrected chi connectivity index (χ2v) is 2.98. The minimum Gasteiger partial charge on any atom is -0.387 e. The van der Waals surface area contributed by atoms with Gasteiger partial charge in [0.1, 0.15) is 5.02 Å². The van der Waals surface area contributed by atoms with Crippen molar-refractivity contribution in [2.24, 2.45) is 0 Å². The summed E-state index contributed by atoms with van der Waals surface area (Å²) in [5.74, 6) is 0. The van der Waals surface area contributed by atoms with Crippen LogP contribution in [0.15, 0.2) is 12.1 Å². The van der Waals surface area contributed by atoms with E-state index in [0.29, 0.717) is 11.3 Å². The van der Waals surface area contributed by atoms with E-state index in [1.165, 1.54) is 0 Å². The molecule has 0 saturated heterocycles. The van der Waals surface area contributed by atoms with E-state index in [9.17, 15) is 10.1 Å². The highest BCUT2D eigenvalue weighted by Crippen LogP contribution is 2.34. The van der Waals surface area contributed by atoms with Crippen LogP contribution in [0.5, 0.6) is 0 Å². The maximum absolute atomic E-state index is 10.6. The van der Waals surface area contributed by atoms with Crippen LogP contribution in [0.1, 0.15) is 5.56 Å². The number of hydrogen-bond acceptors (Lipinski definition) is 3. The van der Waals surface area contributed by atoms with Crippen molar-refractivity contribution in [1.82, 2.24) is 0 Å². The second kappa shape index (κ2) is 3.62. The zero-order chi connectivity index (χ0) is 10.0. The van der Waals surface area contributed by atoms with E-state index < -0.39 is 4.92 Å². The third-order valence-electron chi connectivity index (χ3n) is 1.77. The number of nitro groups is 1. The Balaban J connectivity index is 3.38. The third kappa shape index (κ3) is 1.72. The van der Waals surface area contributed by atoms with Crippen molar-refractivity contribution < 1.29 is 4.92 Å². The fourth-order valence-electron chi connectivity index (χ4n) is 1.08. The Bertz CT molecular complexity index is 352. The lowest BCUT2D eigenvalue weighted by molar-refractivity contribution is -0.385. The van der Waals surface area contributed by atoms with Crippen molar-refractivity contribution >= 4 is 23.0 Å². The molecular weight excluding hydrogens is 192 g/mol. The standard InChI is InChI=1S/C8H9ClN2O2/c1-5-3-4-6(10-2)7(9)8(5)11(12)13/h3-4,10H,1-2H3. The van der Waals surface area contributed by atoms with Crippen LogP contribution in [0.2, 0.25) is 5.02 Å². The Morgan fingerprint density at radius 3 is 2.62 bits per heavy atom. The lowest BCUT2D eigenvalue weighted by Crippen LogP contribution is -1.96. The van der Waals surface area contributed by atoms with Gasteiger partial charge in [-0.3, -0.25) is 10.1 Å². The van der Waals surface area contributed by atoms with Gasteiger partial charge in [-0.25, -0.2) is 0 Å². The van der Waals surface area contributed by atoms with Crippen molar-refractivity contribution in [3.8, 4) is 0 Å². The van der Waals surface area contributed by atoms with Gasteiger partial charge in [-0.1, -0.05) is 17.7 Å². The number of hydrogen-bond donors (Lipinski definition) is 1. The average Bonchev–Trinajstić information content (AvgIpc) is 2.04. The SMILES string of the molecule is CNc1ccc(C)c([N+](=O)[O-])c1Cl. The van der Waals surface area contributed by atoms with Crippen LogP contribution in [0.3, 0.4) is 0 Å². The molecule has 0 radical (unpaired) electrons. The molecule has 13 heavy (non-hydrogen) atoms. The van der Waals surface area contributed by atoms with Crippen molar-refractivity contribution in [1.29, 1.82) is 0 Å². The summed E-state index contributed by atoms with van der Waals surface area (Å²) < 4.78 is 0. The number of nitro benzene ring substituents is 1. The van der Waals surface area contributed by atoms with Crippen LogP contribution < -0.4 is 5.32 Å². The molecule has 0 spiro atoms. The Labute approximate surface area is 80.7 Å². The Kier molecular flexibility index (Phi) is 2.72. The molecule has 4 nitrogen and oxygen atoms in total. The summed E-state index contributed by atoms with van der Waals surface area (Å²) in [6, 6.07) is 3.38. The zero-order valence-corrected chi connectivity index (χ0v) is 8.05. The first-order chi connectivity index (χ1) is 6.07. The molecule has 0 aliphatic carbocycles. The molecule has 0 fully saturated rings. The molecule has 0 aliphatic rings. The van der Waals surface area contributed by atoms with Gasteiger partial charge in [-0.15, -0.1) is 0 Å². The van der Waals surface area contributed by atoms with Gasteiger partial charge in [0.25, 0.3) is 5.69 Å². The normalized spacial score (nSPS) is 9.77. The predicted molar refractivity (Wildman–Crippen MR) is 52.4 cm³/mol. The fraction of sp³-hybridized carbons (Fsp3) is 0.250. The van der Waals surface area contributed by atoms with E-state index in [2.05, 4.69) is 5.32 Å². The number of benzene rings is 1. The molecule has 0 unspecified atom stereocenters. The molecule has 0 heterocycles. The van der Waals surface area contributed by atoms with Crippen LogP contribution in [0, 0.1) is 17.0 Å². The Hall–Kier alpha value is -1.29. The van der Waals surface area contributed by atoms with E-state index in [0.717, 1.165) is 0 Å². The van der Waals surface area contributed by atoms with Crippen LogP contribution >= 0.6 is 11.6 Å². The molecule has 70 valence electrons. The fourth-order valence-corrected chi connectivity index (χ4v) is 1.45. The van der Waals surface area contributed by atoms with Crippen LogP contribution in [-0.4, -0.2) is 12.0 Å². The highest BCUT2D eigenvalue weighted by Gasteiger charge is 2.18. The summed E-state index contributed by atoms with van der Waals surface area (Å²) in [6.45, 7) is 1.66. The molecule has 0 bridgehead atoms. The van der Waals surface area contributed by atoms with Gasteiger partial charge >= 0.3 is 0 Å². The predicted octanol–water partition coefficient (Wildman–Crippen LogP) is 2.60. The molecule has 0 saturated carbocycles. The molecule has 1 aromatic rings. The number of nitrogens with zero attached hydrogens (tertiary/aromatic N) is 1. The Morgan fingerprint density at radius 1 is 1.54 bits per heavy atom. The van der Waals surface area contributed by atoms with E-state index in [1.807, 2.05) is 0 Å².